The van der Waals surface area contributed by atoms with Gasteiger partial charge >= 0.3 is 21.1 Å². The van der Waals surface area contributed by atoms with Crippen LogP contribution in [0.5, 0.6) is 11.5 Å². The summed E-state index contributed by atoms with van der Waals surface area (Å²) in [6.45, 7) is 6.60. The van der Waals surface area contributed by atoms with Crippen LogP contribution in [0.2, 0.25) is 0 Å². The average Bonchev–Trinajstić information content (AvgIpc) is 3.79. The molecule has 0 aliphatic carbocycles. The van der Waals surface area contributed by atoms with Crippen LogP contribution < -0.4 is 26.0 Å². The van der Waals surface area contributed by atoms with E-state index in [4.69, 9.17) is 14.8 Å². The Kier molecular flexibility index (Phi) is 8.98. The van der Waals surface area contributed by atoms with E-state index in [1.54, 1.807) is 0 Å². The van der Waals surface area contributed by atoms with Crippen molar-refractivity contribution in [2.75, 3.05) is 4.90 Å². The molecule has 8 heteroatoms. The van der Waals surface area contributed by atoms with Crippen LogP contribution in [0.25, 0.3) is 38.9 Å². The molecule has 0 amide bonds. The van der Waals surface area contributed by atoms with Crippen LogP contribution >= 0.6 is 0 Å². The van der Waals surface area contributed by atoms with Crippen LogP contribution in [0.4, 0.5) is 17.1 Å². The molecule has 272 valence electrons. The minimum Gasteiger partial charge on any atom is -0.456 e. The maximum atomic E-state index is 7.03. The number of anilines is 3. The second kappa shape index (κ2) is 14.2. The van der Waals surface area contributed by atoms with Crippen LogP contribution in [-0.2, 0) is 28.1 Å². The molecule has 0 atom stereocenters. The molecule has 4 heterocycles. The first kappa shape index (κ1) is 35.5. The molecular formula is C48H36BN5OPt. The number of hydrogen-bond acceptors (Lipinski definition) is 4. The predicted molar refractivity (Wildman–Crippen MR) is 225 cm³/mol. The molecule has 0 saturated carbocycles. The number of fused-ring (bicyclic) bond motifs is 5. The van der Waals surface area contributed by atoms with E-state index in [2.05, 4.69) is 152 Å². The van der Waals surface area contributed by atoms with Crippen LogP contribution in [0.15, 0.2) is 146 Å². The van der Waals surface area contributed by atoms with Crippen LogP contribution in [0.3, 0.4) is 0 Å². The summed E-state index contributed by atoms with van der Waals surface area (Å²) in [6.07, 6.45) is 3.79. The molecule has 6 aromatic carbocycles. The van der Waals surface area contributed by atoms with Gasteiger partial charge < -0.3 is 14.2 Å². The van der Waals surface area contributed by atoms with Gasteiger partial charge in [-0.15, -0.1) is 47.3 Å². The molecular weight excluding hydrogens is 868 g/mol. The fraction of sp³-hybridized carbons (Fsp3) is 0.0833. The number of hydrogen-bond donors (Lipinski definition) is 0. The molecule has 0 saturated heterocycles. The van der Waals surface area contributed by atoms with Crippen molar-refractivity contribution in [2.24, 2.45) is 7.05 Å². The molecule has 0 radical (unpaired) electrons. The van der Waals surface area contributed by atoms with Gasteiger partial charge in [-0.3, -0.25) is 4.68 Å². The van der Waals surface area contributed by atoms with Crippen molar-refractivity contribution in [1.29, 1.82) is 0 Å². The topological polar surface area (TPSA) is 48.1 Å². The smallest absolute Gasteiger partial charge is 0.456 e. The van der Waals surface area contributed by atoms with E-state index >= 15 is 0 Å². The number of pyridine rings is 1. The fourth-order valence-electron chi connectivity index (χ4n) is 8.52. The van der Waals surface area contributed by atoms with E-state index in [-0.39, 0.29) is 27.8 Å². The zero-order valence-corrected chi connectivity index (χ0v) is 33.7. The second-order valence-electron chi connectivity index (χ2n) is 14.4. The van der Waals surface area contributed by atoms with Crippen molar-refractivity contribution in [1.82, 2.24) is 19.3 Å². The predicted octanol–water partition coefficient (Wildman–Crippen LogP) is 9.19. The number of rotatable bonds is 6. The summed E-state index contributed by atoms with van der Waals surface area (Å²) in [5.74, 6) is 2.50. The molecule has 56 heavy (non-hydrogen) atoms. The molecule has 10 rings (SSSR count). The molecule has 3 aromatic heterocycles. The van der Waals surface area contributed by atoms with Gasteiger partial charge in [0.05, 0.1) is 5.69 Å². The largest absolute Gasteiger partial charge is 2.00 e. The van der Waals surface area contributed by atoms with Crippen molar-refractivity contribution >= 4 is 62.0 Å². The number of para-hydroxylation sites is 3. The maximum Gasteiger partial charge on any atom is 2.00 e. The van der Waals surface area contributed by atoms with E-state index in [9.17, 15) is 0 Å². The van der Waals surface area contributed by atoms with Gasteiger partial charge in [-0.1, -0.05) is 106 Å². The van der Waals surface area contributed by atoms with E-state index < -0.39 is 0 Å². The van der Waals surface area contributed by atoms with Crippen LogP contribution in [0.1, 0.15) is 16.7 Å². The molecule has 0 fully saturated rings. The van der Waals surface area contributed by atoms with Gasteiger partial charge in [-0.05, 0) is 73.1 Å². The summed E-state index contributed by atoms with van der Waals surface area (Å²) >= 11 is 0. The van der Waals surface area contributed by atoms with Crippen LogP contribution in [0, 0.1) is 32.9 Å². The Morgan fingerprint density at radius 2 is 1.45 bits per heavy atom. The van der Waals surface area contributed by atoms with Crippen molar-refractivity contribution < 1.29 is 25.8 Å². The SMILES string of the molecule is Cc1cc(C)c(B2c3ccccc3Oc3c2cccc3N(c2[c-]c(-c3ccn(C)n3)ccc2)c2[c-]c3c(cc2)c2ccccc2n3-c2ccccn2)c(C)c1.[Pt+2]. The molecule has 0 N–H and O–H groups in total. The quantitative estimate of drug-likeness (QED) is 0.124. The minimum atomic E-state index is -0.0238. The number of aromatic nitrogens is 4. The summed E-state index contributed by atoms with van der Waals surface area (Å²) in [5.41, 5.74) is 13.7. The summed E-state index contributed by atoms with van der Waals surface area (Å²) < 4.78 is 11.1. The third kappa shape index (κ3) is 5.86. The van der Waals surface area contributed by atoms with E-state index in [1.807, 2.05) is 48.4 Å². The first-order valence-electron chi connectivity index (χ1n) is 18.6. The second-order valence-corrected chi connectivity index (χ2v) is 14.4. The number of nitrogens with zero attached hydrogens (tertiary/aromatic N) is 5. The Labute approximate surface area is 341 Å². The number of benzene rings is 6. The monoisotopic (exact) mass is 904 g/mol. The Morgan fingerprint density at radius 3 is 2.25 bits per heavy atom. The summed E-state index contributed by atoms with van der Waals surface area (Å²) in [6, 6.07) is 54.3. The Bertz CT molecular complexity index is 2910. The third-order valence-electron chi connectivity index (χ3n) is 10.7. The summed E-state index contributed by atoms with van der Waals surface area (Å²) in [4.78, 5) is 7.02. The van der Waals surface area contributed by atoms with Gasteiger partial charge in [0, 0.05) is 30.7 Å². The van der Waals surface area contributed by atoms with Gasteiger partial charge in [0.1, 0.15) is 17.3 Å². The van der Waals surface area contributed by atoms with Crippen molar-refractivity contribution in [3.05, 3.63) is 175 Å². The minimum absolute atomic E-state index is 0. The van der Waals surface area contributed by atoms with Crippen molar-refractivity contribution in [3.8, 4) is 28.6 Å². The van der Waals surface area contributed by atoms with Gasteiger partial charge in [-0.25, -0.2) is 10.1 Å². The zero-order chi connectivity index (χ0) is 37.2. The molecule has 0 bridgehead atoms. The summed E-state index contributed by atoms with van der Waals surface area (Å²) in [7, 11) is 1.93. The molecule has 1 aliphatic rings. The standard InChI is InChI=1S/C48H36BN5O.Pt/c1-31-27-32(2)47(33(3)28-31)49-39-16-6-8-20-45(39)55-48-40(49)17-12-19-43(48)53(35-14-11-13-34(29-35)41-24-26-52(4)51-41)36-22-23-38-37-15-5-7-18-42(37)54(44(38)30-36)46-21-9-10-25-50-46;/h5-28H,1-4H3;/q-2;+2. The fourth-order valence-corrected chi connectivity index (χ4v) is 8.52. The van der Waals surface area contributed by atoms with Gasteiger partial charge in [-0.2, -0.15) is 6.07 Å². The van der Waals surface area contributed by atoms with E-state index in [0.717, 1.165) is 78.4 Å². The Morgan fingerprint density at radius 1 is 0.696 bits per heavy atom. The first-order valence-corrected chi connectivity index (χ1v) is 18.6. The summed E-state index contributed by atoms with van der Waals surface area (Å²) in [5, 5.41) is 6.97. The Balaban J connectivity index is 0.00000410. The van der Waals surface area contributed by atoms with Gasteiger partial charge in [0.25, 0.3) is 6.71 Å². The molecule has 6 nitrogen and oxygen atoms in total. The number of ether oxygens (including phenoxy) is 1. The van der Waals surface area contributed by atoms with E-state index in [1.165, 1.54) is 22.2 Å². The molecule has 0 unspecified atom stereocenters. The van der Waals surface area contributed by atoms with E-state index in [0.29, 0.717) is 0 Å². The third-order valence-corrected chi connectivity index (χ3v) is 10.7. The molecule has 0 spiro atoms. The van der Waals surface area contributed by atoms with Gasteiger partial charge in [0.2, 0.25) is 0 Å². The van der Waals surface area contributed by atoms with Crippen molar-refractivity contribution in [3.63, 3.8) is 0 Å². The van der Waals surface area contributed by atoms with Gasteiger partial charge in [0.15, 0.2) is 0 Å². The molecule has 9 aromatic rings. The average molecular weight is 905 g/mol. The van der Waals surface area contributed by atoms with Crippen LogP contribution in [-0.4, -0.2) is 26.0 Å². The first-order chi connectivity index (χ1) is 26.9. The zero-order valence-electron chi connectivity index (χ0n) is 31.4. The van der Waals surface area contributed by atoms with Crippen molar-refractivity contribution in [2.45, 2.75) is 20.8 Å². The Hall–Kier alpha value is -6.17. The maximum absolute atomic E-state index is 7.03. The number of aryl methyl sites for hydroxylation is 4. The normalized spacial score (nSPS) is 11.9. The molecule has 1 aliphatic heterocycles.